The number of fused-ring (bicyclic) bond motifs is 1. The monoisotopic (exact) mass is 275 g/mol. The minimum Gasteiger partial charge on any atom is -0.312 e. The van der Waals surface area contributed by atoms with Crippen LogP contribution in [0.1, 0.15) is 13.3 Å². The van der Waals surface area contributed by atoms with Crippen molar-refractivity contribution in [3.63, 3.8) is 0 Å². The molecular formula is C13H13N3O4. The Morgan fingerprint density at radius 3 is 2.75 bits per heavy atom. The smallest absolute Gasteiger partial charge is 0.312 e. The number of imide groups is 1. The molecule has 2 fully saturated rings. The zero-order valence-electron chi connectivity index (χ0n) is 10.9. The van der Waals surface area contributed by atoms with E-state index in [0.29, 0.717) is 6.54 Å². The van der Waals surface area contributed by atoms with Crippen molar-refractivity contribution in [1.29, 1.82) is 0 Å². The Bertz CT molecular complexity index is 615. The van der Waals surface area contributed by atoms with Gasteiger partial charge in [0, 0.05) is 18.7 Å². The number of hydrogen-bond acceptors (Lipinski definition) is 4. The van der Waals surface area contributed by atoms with Gasteiger partial charge in [-0.1, -0.05) is 13.0 Å². The van der Waals surface area contributed by atoms with Gasteiger partial charge >= 0.3 is 6.03 Å². The predicted octanol–water partition coefficient (Wildman–Crippen LogP) is 1.77. The van der Waals surface area contributed by atoms with Gasteiger partial charge in [0.25, 0.3) is 11.6 Å². The van der Waals surface area contributed by atoms with Crippen LogP contribution in [0.25, 0.3) is 0 Å². The summed E-state index contributed by atoms with van der Waals surface area (Å²) in [7, 11) is 0. The van der Waals surface area contributed by atoms with Gasteiger partial charge in [0.15, 0.2) is 0 Å². The van der Waals surface area contributed by atoms with Gasteiger partial charge < -0.3 is 4.90 Å². The Balaban J connectivity index is 1.99. The molecule has 7 heteroatoms. The molecule has 3 amide bonds. The highest BCUT2D eigenvalue weighted by molar-refractivity contribution is 6.21. The highest BCUT2D eigenvalue weighted by atomic mass is 16.6. The molecule has 104 valence electrons. The van der Waals surface area contributed by atoms with Crippen LogP contribution in [-0.2, 0) is 4.79 Å². The molecule has 2 atom stereocenters. The van der Waals surface area contributed by atoms with Crippen molar-refractivity contribution >= 4 is 23.3 Å². The molecule has 2 aliphatic rings. The number of rotatable bonds is 2. The second kappa shape index (κ2) is 4.29. The molecule has 2 aliphatic heterocycles. The summed E-state index contributed by atoms with van der Waals surface area (Å²) in [5.74, 6) is -0.171. The normalized spacial score (nSPS) is 25.2. The fourth-order valence-corrected chi connectivity index (χ4v) is 2.88. The molecule has 1 aromatic rings. The van der Waals surface area contributed by atoms with Crippen molar-refractivity contribution in [2.45, 2.75) is 19.4 Å². The van der Waals surface area contributed by atoms with Gasteiger partial charge in [-0.25, -0.2) is 9.69 Å². The summed E-state index contributed by atoms with van der Waals surface area (Å²) in [6, 6.07) is 4.78. The number of nitrogens with zero attached hydrogens (tertiary/aromatic N) is 3. The Morgan fingerprint density at radius 1 is 1.35 bits per heavy atom. The second-order valence-corrected chi connectivity index (χ2v) is 5.14. The number of nitro groups is 1. The summed E-state index contributed by atoms with van der Waals surface area (Å²) in [4.78, 5) is 37.5. The Morgan fingerprint density at radius 2 is 2.10 bits per heavy atom. The molecule has 0 aliphatic carbocycles. The average molecular weight is 275 g/mol. The number of nitro benzene ring substituents is 1. The summed E-state index contributed by atoms with van der Waals surface area (Å²) in [5.41, 5.74) is 0.124. The van der Waals surface area contributed by atoms with E-state index in [1.807, 2.05) is 6.92 Å². The number of amides is 3. The highest BCUT2D eigenvalue weighted by Crippen LogP contribution is 2.35. The number of benzene rings is 1. The van der Waals surface area contributed by atoms with Crippen LogP contribution in [0.15, 0.2) is 24.3 Å². The van der Waals surface area contributed by atoms with E-state index in [2.05, 4.69) is 0 Å². The molecule has 2 unspecified atom stereocenters. The van der Waals surface area contributed by atoms with Crippen LogP contribution in [0.2, 0.25) is 0 Å². The number of carbonyl (C=O) groups is 2. The fraction of sp³-hybridized carbons (Fsp3) is 0.385. The molecular weight excluding hydrogens is 262 g/mol. The van der Waals surface area contributed by atoms with E-state index in [-0.39, 0.29) is 29.2 Å². The number of urea groups is 1. The van der Waals surface area contributed by atoms with Crippen molar-refractivity contribution in [3.8, 4) is 0 Å². The van der Waals surface area contributed by atoms with Gasteiger partial charge in [-0.05, 0) is 18.4 Å². The highest BCUT2D eigenvalue weighted by Gasteiger charge is 2.51. The second-order valence-electron chi connectivity index (χ2n) is 5.14. The first kappa shape index (κ1) is 12.6. The minimum absolute atomic E-state index is 0.121. The van der Waals surface area contributed by atoms with Crippen LogP contribution in [0.3, 0.4) is 0 Å². The molecule has 0 bridgehead atoms. The number of hydrogen-bond donors (Lipinski definition) is 0. The molecule has 0 aromatic heterocycles. The molecule has 0 spiro atoms. The van der Waals surface area contributed by atoms with Gasteiger partial charge in [0.05, 0.1) is 10.6 Å². The standard InChI is InChI=1S/C13H13N3O4/c1-8-5-6-14-11(8)12(17)15(13(14)18)9-3-2-4-10(7-9)16(19)20/h2-4,7-8,11H,5-6H2,1H3. The first-order valence-corrected chi connectivity index (χ1v) is 6.39. The van der Waals surface area contributed by atoms with Crippen LogP contribution in [0, 0.1) is 16.0 Å². The number of non-ortho nitro benzene ring substituents is 1. The Hall–Kier alpha value is -2.44. The Kier molecular flexibility index (Phi) is 2.70. The van der Waals surface area contributed by atoms with Crippen LogP contribution in [-0.4, -0.2) is 34.3 Å². The quantitative estimate of drug-likeness (QED) is 0.468. The number of anilines is 1. The van der Waals surface area contributed by atoms with E-state index in [9.17, 15) is 19.7 Å². The molecule has 0 saturated carbocycles. The van der Waals surface area contributed by atoms with E-state index in [1.54, 1.807) is 4.90 Å². The van der Waals surface area contributed by atoms with Gasteiger partial charge in [-0.3, -0.25) is 14.9 Å². The maximum absolute atomic E-state index is 12.4. The summed E-state index contributed by atoms with van der Waals surface area (Å²) in [6.07, 6.45) is 0.810. The van der Waals surface area contributed by atoms with E-state index in [4.69, 9.17) is 0 Å². The van der Waals surface area contributed by atoms with Crippen LogP contribution < -0.4 is 4.90 Å². The summed E-state index contributed by atoms with van der Waals surface area (Å²) < 4.78 is 0. The van der Waals surface area contributed by atoms with Crippen molar-refractivity contribution < 1.29 is 14.5 Å². The van der Waals surface area contributed by atoms with E-state index < -0.39 is 11.0 Å². The maximum Gasteiger partial charge on any atom is 0.332 e. The first-order valence-electron chi connectivity index (χ1n) is 6.39. The van der Waals surface area contributed by atoms with Gasteiger partial charge in [0.1, 0.15) is 6.04 Å². The van der Waals surface area contributed by atoms with Gasteiger partial charge in [-0.2, -0.15) is 0 Å². The van der Waals surface area contributed by atoms with E-state index in [0.717, 1.165) is 11.3 Å². The lowest BCUT2D eigenvalue weighted by Crippen LogP contribution is -2.33. The third-order valence-electron chi connectivity index (χ3n) is 3.91. The zero-order valence-corrected chi connectivity index (χ0v) is 10.9. The van der Waals surface area contributed by atoms with Crippen molar-refractivity contribution in [1.82, 2.24) is 4.90 Å². The third-order valence-corrected chi connectivity index (χ3v) is 3.91. The van der Waals surface area contributed by atoms with E-state index in [1.165, 1.54) is 24.3 Å². The number of carbonyl (C=O) groups excluding carboxylic acids is 2. The lowest BCUT2D eigenvalue weighted by Gasteiger charge is -2.15. The zero-order chi connectivity index (χ0) is 14.4. The Labute approximate surface area is 114 Å². The molecule has 0 radical (unpaired) electrons. The molecule has 7 nitrogen and oxygen atoms in total. The molecule has 0 N–H and O–H groups in total. The summed E-state index contributed by atoms with van der Waals surface area (Å²) in [5, 5.41) is 10.8. The third kappa shape index (κ3) is 1.66. The van der Waals surface area contributed by atoms with Crippen LogP contribution in [0.4, 0.5) is 16.2 Å². The lowest BCUT2D eigenvalue weighted by atomic mass is 10.0. The van der Waals surface area contributed by atoms with Crippen LogP contribution >= 0.6 is 0 Å². The van der Waals surface area contributed by atoms with Gasteiger partial charge in [0.2, 0.25) is 0 Å². The van der Waals surface area contributed by atoms with Crippen molar-refractivity contribution in [3.05, 3.63) is 34.4 Å². The molecule has 2 heterocycles. The molecule has 1 aromatic carbocycles. The van der Waals surface area contributed by atoms with Crippen LogP contribution in [0.5, 0.6) is 0 Å². The van der Waals surface area contributed by atoms with Crippen molar-refractivity contribution in [2.75, 3.05) is 11.4 Å². The first-order chi connectivity index (χ1) is 9.50. The average Bonchev–Trinajstić information content (AvgIpc) is 2.91. The van der Waals surface area contributed by atoms with Crippen molar-refractivity contribution in [2.24, 2.45) is 5.92 Å². The SMILES string of the molecule is CC1CCN2C(=O)N(c3cccc([N+](=O)[O-])c3)C(=O)C12. The molecule has 3 rings (SSSR count). The largest absolute Gasteiger partial charge is 0.332 e. The fourth-order valence-electron chi connectivity index (χ4n) is 2.88. The topological polar surface area (TPSA) is 83.8 Å². The van der Waals surface area contributed by atoms with E-state index >= 15 is 0 Å². The molecule has 2 saturated heterocycles. The summed E-state index contributed by atoms with van der Waals surface area (Å²) in [6.45, 7) is 2.49. The predicted molar refractivity (Wildman–Crippen MR) is 70.3 cm³/mol. The van der Waals surface area contributed by atoms with Gasteiger partial charge in [-0.15, -0.1) is 0 Å². The lowest BCUT2D eigenvalue weighted by molar-refractivity contribution is -0.384. The minimum atomic E-state index is -0.543. The maximum atomic E-state index is 12.4. The molecule has 20 heavy (non-hydrogen) atoms. The summed E-state index contributed by atoms with van der Waals surface area (Å²) >= 11 is 0.